The van der Waals surface area contributed by atoms with Crippen LogP contribution in [0.15, 0.2) is 0 Å². The molecule has 0 aromatic carbocycles. The molecule has 15 heavy (non-hydrogen) atoms. The Morgan fingerprint density at radius 1 is 1.53 bits per heavy atom. The second kappa shape index (κ2) is 6.80. The summed E-state index contributed by atoms with van der Waals surface area (Å²) in [5.74, 6) is 0.289. The summed E-state index contributed by atoms with van der Waals surface area (Å²) in [5.41, 5.74) is 5.30. The van der Waals surface area contributed by atoms with E-state index in [0.717, 1.165) is 26.1 Å². The van der Waals surface area contributed by atoms with E-state index >= 15 is 0 Å². The maximum absolute atomic E-state index is 7.13. The van der Waals surface area contributed by atoms with Gasteiger partial charge in [0.2, 0.25) is 0 Å². The minimum atomic E-state index is 0.289. The minimum Gasteiger partial charge on any atom is -0.388 e. The van der Waals surface area contributed by atoms with E-state index in [0.29, 0.717) is 12.5 Å². The third kappa shape index (κ3) is 5.74. The number of rotatable bonds is 6. The lowest BCUT2D eigenvalue weighted by atomic mass is 10.1. The van der Waals surface area contributed by atoms with Crippen LogP contribution in [0.1, 0.15) is 32.1 Å². The van der Waals surface area contributed by atoms with Gasteiger partial charge in [0.15, 0.2) is 0 Å². The molecule has 1 unspecified atom stereocenters. The lowest BCUT2D eigenvalue weighted by molar-refractivity contribution is -0.00146. The molecule has 1 atom stereocenters. The maximum Gasteiger partial charge on any atom is 0.0905 e. The molecule has 1 heterocycles. The topological polar surface area (TPSA) is 62.3 Å². The van der Waals surface area contributed by atoms with Crippen molar-refractivity contribution in [2.45, 2.75) is 38.2 Å². The molecule has 0 aromatic rings. The van der Waals surface area contributed by atoms with Gasteiger partial charge >= 0.3 is 0 Å². The quantitative estimate of drug-likeness (QED) is 0.515. The van der Waals surface area contributed by atoms with Crippen LogP contribution in [-0.4, -0.2) is 43.6 Å². The van der Waals surface area contributed by atoms with E-state index in [1.54, 1.807) is 0 Å². The predicted octanol–water partition coefficient (Wildman–Crippen LogP) is 1.20. The third-order valence-corrected chi connectivity index (χ3v) is 2.78. The van der Waals surface area contributed by atoms with Gasteiger partial charge in [-0.25, -0.2) is 0 Å². The molecule has 0 aliphatic carbocycles. The van der Waals surface area contributed by atoms with Gasteiger partial charge in [-0.1, -0.05) is 0 Å². The Labute approximate surface area is 92.3 Å². The first-order valence-electron chi connectivity index (χ1n) is 5.81. The first-order valence-corrected chi connectivity index (χ1v) is 5.81. The standard InChI is InChI=1S/C11H23N3O/c1-14(7-4-6-11(12)13)9-10-5-2-3-8-15-10/h10H,2-9H2,1H3,(H3,12,13). The molecule has 3 N–H and O–H groups in total. The van der Waals surface area contributed by atoms with Gasteiger partial charge in [-0.3, -0.25) is 5.41 Å². The van der Waals surface area contributed by atoms with Gasteiger partial charge in [-0.05, 0) is 39.3 Å². The highest BCUT2D eigenvalue weighted by atomic mass is 16.5. The highest BCUT2D eigenvalue weighted by Gasteiger charge is 2.15. The van der Waals surface area contributed by atoms with E-state index in [9.17, 15) is 0 Å². The molecule has 0 amide bonds. The number of amidine groups is 1. The molecule has 4 heteroatoms. The summed E-state index contributed by atoms with van der Waals surface area (Å²) in [6.07, 6.45) is 5.79. The summed E-state index contributed by atoms with van der Waals surface area (Å²) >= 11 is 0. The van der Waals surface area contributed by atoms with Gasteiger partial charge < -0.3 is 15.4 Å². The Morgan fingerprint density at radius 3 is 2.93 bits per heavy atom. The summed E-state index contributed by atoms with van der Waals surface area (Å²) < 4.78 is 5.67. The molecule has 1 aliphatic rings. The maximum atomic E-state index is 7.13. The van der Waals surface area contributed by atoms with Crippen molar-refractivity contribution < 1.29 is 4.74 Å². The van der Waals surface area contributed by atoms with Crippen molar-refractivity contribution in [2.24, 2.45) is 5.73 Å². The summed E-state index contributed by atoms with van der Waals surface area (Å²) in [4.78, 5) is 2.28. The molecular formula is C11H23N3O. The van der Waals surface area contributed by atoms with Crippen LogP contribution in [0.4, 0.5) is 0 Å². The Balaban J connectivity index is 2.06. The Kier molecular flexibility index (Phi) is 5.65. The molecule has 4 nitrogen and oxygen atoms in total. The van der Waals surface area contributed by atoms with E-state index < -0.39 is 0 Å². The molecule has 88 valence electrons. The van der Waals surface area contributed by atoms with E-state index in [1.807, 2.05) is 0 Å². The highest BCUT2D eigenvalue weighted by molar-refractivity contribution is 5.76. The molecule has 0 radical (unpaired) electrons. The molecule has 1 aliphatic heterocycles. The lowest BCUT2D eigenvalue weighted by Crippen LogP contribution is -2.34. The van der Waals surface area contributed by atoms with Crippen molar-refractivity contribution in [3.05, 3.63) is 0 Å². The molecule has 0 bridgehead atoms. The van der Waals surface area contributed by atoms with Gasteiger partial charge in [0.05, 0.1) is 11.9 Å². The van der Waals surface area contributed by atoms with Crippen LogP contribution in [0.2, 0.25) is 0 Å². The van der Waals surface area contributed by atoms with Crippen molar-refractivity contribution >= 4 is 5.84 Å². The zero-order valence-corrected chi connectivity index (χ0v) is 9.67. The first-order chi connectivity index (χ1) is 7.18. The van der Waals surface area contributed by atoms with Gasteiger partial charge in [-0.2, -0.15) is 0 Å². The van der Waals surface area contributed by atoms with E-state index in [-0.39, 0.29) is 5.84 Å². The van der Waals surface area contributed by atoms with Crippen LogP contribution in [-0.2, 0) is 4.74 Å². The van der Waals surface area contributed by atoms with E-state index in [2.05, 4.69) is 11.9 Å². The molecule has 1 fully saturated rings. The highest BCUT2D eigenvalue weighted by Crippen LogP contribution is 2.13. The molecule has 0 spiro atoms. The normalized spacial score (nSPS) is 21.9. The van der Waals surface area contributed by atoms with Crippen LogP contribution >= 0.6 is 0 Å². The SMILES string of the molecule is CN(CCCC(=N)N)CC1CCCCO1. The number of hydrogen-bond donors (Lipinski definition) is 2. The summed E-state index contributed by atoms with van der Waals surface area (Å²) in [7, 11) is 2.11. The number of nitrogens with two attached hydrogens (primary N) is 1. The second-order valence-corrected chi connectivity index (χ2v) is 4.38. The Hall–Kier alpha value is -0.610. The number of ether oxygens (including phenoxy) is 1. The minimum absolute atomic E-state index is 0.289. The van der Waals surface area contributed by atoms with Gasteiger partial charge in [0.1, 0.15) is 0 Å². The van der Waals surface area contributed by atoms with Crippen molar-refractivity contribution in [3.63, 3.8) is 0 Å². The number of nitrogens with zero attached hydrogens (tertiary/aromatic N) is 1. The zero-order chi connectivity index (χ0) is 11.1. The second-order valence-electron chi connectivity index (χ2n) is 4.38. The molecule has 1 saturated heterocycles. The zero-order valence-electron chi connectivity index (χ0n) is 9.67. The summed E-state index contributed by atoms with van der Waals surface area (Å²) in [6.45, 7) is 2.93. The number of nitrogens with one attached hydrogen (secondary N) is 1. The average Bonchev–Trinajstić information content (AvgIpc) is 2.18. The van der Waals surface area contributed by atoms with Gasteiger partial charge in [0, 0.05) is 19.6 Å². The van der Waals surface area contributed by atoms with Crippen LogP contribution in [0.25, 0.3) is 0 Å². The van der Waals surface area contributed by atoms with Crippen molar-refractivity contribution in [2.75, 3.05) is 26.7 Å². The van der Waals surface area contributed by atoms with E-state index in [1.165, 1.54) is 19.3 Å². The first kappa shape index (κ1) is 12.5. The summed E-state index contributed by atoms with van der Waals surface area (Å²) in [6, 6.07) is 0. The molecule has 1 rings (SSSR count). The van der Waals surface area contributed by atoms with Gasteiger partial charge in [0.25, 0.3) is 0 Å². The lowest BCUT2D eigenvalue weighted by Gasteiger charge is -2.27. The fraction of sp³-hybridized carbons (Fsp3) is 0.909. The smallest absolute Gasteiger partial charge is 0.0905 e. The monoisotopic (exact) mass is 213 g/mol. The molecule has 0 saturated carbocycles. The fourth-order valence-electron chi connectivity index (χ4n) is 1.93. The summed E-state index contributed by atoms with van der Waals surface area (Å²) in [5, 5.41) is 7.13. The van der Waals surface area contributed by atoms with Crippen molar-refractivity contribution in [1.82, 2.24) is 4.90 Å². The fourth-order valence-corrected chi connectivity index (χ4v) is 1.93. The number of hydrogen-bond acceptors (Lipinski definition) is 3. The Bertz CT molecular complexity index is 190. The predicted molar refractivity (Wildman–Crippen MR) is 62.2 cm³/mol. The van der Waals surface area contributed by atoms with Crippen LogP contribution < -0.4 is 5.73 Å². The Morgan fingerprint density at radius 2 is 2.33 bits per heavy atom. The van der Waals surface area contributed by atoms with Crippen molar-refractivity contribution in [1.29, 1.82) is 5.41 Å². The van der Waals surface area contributed by atoms with Crippen LogP contribution in [0, 0.1) is 5.41 Å². The van der Waals surface area contributed by atoms with Crippen molar-refractivity contribution in [3.8, 4) is 0 Å². The van der Waals surface area contributed by atoms with Crippen LogP contribution in [0.5, 0.6) is 0 Å². The third-order valence-electron chi connectivity index (χ3n) is 2.78. The van der Waals surface area contributed by atoms with E-state index in [4.69, 9.17) is 15.9 Å². The average molecular weight is 213 g/mol. The molecular weight excluding hydrogens is 190 g/mol. The number of likely N-dealkylation sites (N-methyl/N-ethyl adjacent to an activating group) is 1. The molecule has 0 aromatic heterocycles. The largest absolute Gasteiger partial charge is 0.388 e. The van der Waals surface area contributed by atoms with Gasteiger partial charge in [-0.15, -0.1) is 0 Å². The van der Waals surface area contributed by atoms with Crippen LogP contribution in [0.3, 0.4) is 0 Å².